The van der Waals surface area contributed by atoms with Gasteiger partial charge in [0.2, 0.25) is 0 Å². The fourth-order valence-electron chi connectivity index (χ4n) is 1.95. The highest BCUT2D eigenvalue weighted by molar-refractivity contribution is 14.1. The number of halogens is 1. The average Bonchev–Trinajstić information content (AvgIpc) is 2.19. The third kappa shape index (κ3) is 2.40. The first kappa shape index (κ1) is 10.7. The predicted octanol–water partition coefficient (Wildman–Crippen LogP) is 2.78. The molecule has 1 aromatic rings. The van der Waals surface area contributed by atoms with E-state index >= 15 is 0 Å². The van der Waals surface area contributed by atoms with E-state index in [-0.39, 0.29) is 0 Å². The van der Waals surface area contributed by atoms with Gasteiger partial charge in [-0.3, -0.25) is 0 Å². The second-order valence-electron chi connectivity index (χ2n) is 3.75. The smallest absolute Gasteiger partial charge is 0.0439 e. The third-order valence-electron chi connectivity index (χ3n) is 2.69. The Hall–Kier alpha value is 0.180. The molecule has 14 heavy (non-hydrogen) atoms. The van der Waals surface area contributed by atoms with Gasteiger partial charge in [-0.05, 0) is 65.4 Å². The zero-order valence-corrected chi connectivity index (χ0v) is 11.5. The topological polar surface area (TPSA) is 3.24 Å². The molecule has 0 bridgehead atoms. The van der Waals surface area contributed by atoms with Gasteiger partial charge in [-0.25, -0.2) is 0 Å². The van der Waals surface area contributed by atoms with Crippen LogP contribution in [0.3, 0.4) is 0 Å². The van der Waals surface area contributed by atoms with E-state index in [0.717, 1.165) is 0 Å². The summed E-state index contributed by atoms with van der Waals surface area (Å²) in [7, 11) is 2.85. The summed E-state index contributed by atoms with van der Waals surface area (Å²) in [5.41, 5.74) is 1.40. The summed E-state index contributed by atoms with van der Waals surface area (Å²) in [6, 6.07) is 6.67. The van der Waals surface area contributed by atoms with Crippen LogP contribution in [0, 0.1) is 3.57 Å². The Bertz CT molecular complexity index is 321. The molecule has 1 aromatic carbocycles. The Morgan fingerprint density at radius 3 is 2.50 bits per heavy atom. The third-order valence-corrected chi connectivity index (χ3v) is 3.82. The maximum atomic E-state index is 2.85. The summed E-state index contributed by atoms with van der Waals surface area (Å²) in [6.45, 7) is 2.45. The van der Waals surface area contributed by atoms with Crippen molar-refractivity contribution in [2.24, 2.45) is 0 Å². The van der Waals surface area contributed by atoms with Gasteiger partial charge in [0.15, 0.2) is 0 Å². The second-order valence-corrected chi connectivity index (χ2v) is 5.62. The second kappa shape index (κ2) is 4.80. The van der Waals surface area contributed by atoms with E-state index in [9.17, 15) is 0 Å². The van der Waals surface area contributed by atoms with Crippen molar-refractivity contribution in [1.29, 1.82) is 0 Å². The first-order chi connectivity index (χ1) is 6.77. The van der Waals surface area contributed by atoms with E-state index < -0.39 is 0 Å². The Balaban J connectivity index is 2.22. The molecule has 1 saturated heterocycles. The Kier molecular flexibility index (Phi) is 3.67. The highest BCUT2D eigenvalue weighted by atomic mass is 127. The standard InChI is InChI=1S/C11H15INP/c12-9-4-5-10(11(14)8-9)13-6-2-1-3-7-13/h4-5,8H,1-3,6-7,14H2. The lowest BCUT2D eigenvalue weighted by Gasteiger charge is -2.30. The lowest BCUT2D eigenvalue weighted by Crippen LogP contribution is -2.31. The molecule has 0 N–H and O–H groups in total. The van der Waals surface area contributed by atoms with Gasteiger partial charge in [0.25, 0.3) is 0 Å². The monoisotopic (exact) mass is 319 g/mol. The molecule has 76 valence electrons. The highest BCUT2D eigenvalue weighted by Gasteiger charge is 2.12. The van der Waals surface area contributed by atoms with Crippen molar-refractivity contribution in [3.8, 4) is 0 Å². The maximum Gasteiger partial charge on any atom is 0.0439 e. The molecule has 1 fully saturated rings. The molecule has 2 rings (SSSR count). The molecular weight excluding hydrogens is 304 g/mol. The SMILES string of the molecule is Pc1cc(I)ccc1N1CCCCC1. The molecule has 0 radical (unpaired) electrons. The van der Waals surface area contributed by atoms with Crippen LogP contribution < -0.4 is 10.2 Å². The van der Waals surface area contributed by atoms with Crippen molar-refractivity contribution in [2.45, 2.75) is 19.3 Å². The summed E-state index contributed by atoms with van der Waals surface area (Å²) in [5.74, 6) is 0. The first-order valence-corrected chi connectivity index (χ1v) is 6.73. The lowest BCUT2D eigenvalue weighted by molar-refractivity contribution is 0.578. The van der Waals surface area contributed by atoms with Gasteiger partial charge in [0, 0.05) is 22.3 Å². The largest absolute Gasteiger partial charge is 0.371 e. The number of anilines is 1. The molecule has 0 spiro atoms. The van der Waals surface area contributed by atoms with Crippen LogP contribution in [0.25, 0.3) is 0 Å². The molecule has 0 aromatic heterocycles. The fourth-order valence-corrected chi connectivity index (χ4v) is 3.26. The number of hydrogen-bond acceptors (Lipinski definition) is 1. The van der Waals surface area contributed by atoms with Gasteiger partial charge in [0.1, 0.15) is 0 Å². The molecule has 1 atom stereocenters. The van der Waals surface area contributed by atoms with Crippen LogP contribution >= 0.6 is 31.8 Å². The summed E-state index contributed by atoms with van der Waals surface area (Å²) >= 11 is 2.36. The normalized spacial score (nSPS) is 17.1. The zero-order valence-electron chi connectivity index (χ0n) is 8.17. The quantitative estimate of drug-likeness (QED) is 0.568. The minimum Gasteiger partial charge on any atom is -0.371 e. The van der Waals surface area contributed by atoms with Crippen LogP contribution in [-0.2, 0) is 0 Å². The van der Waals surface area contributed by atoms with Gasteiger partial charge in [-0.2, -0.15) is 0 Å². The molecule has 1 unspecified atom stereocenters. The first-order valence-electron chi connectivity index (χ1n) is 5.07. The van der Waals surface area contributed by atoms with Crippen molar-refractivity contribution in [3.63, 3.8) is 0 Å². The predicted molar refractivity (Wildman–Crippen MR) is 74.6 cm³/mol. The van der Waals surface area contributed by atoms with E-state index in [4.69, 9.17) is 0 Å². The van der Waals surface area contributed by atoms with Crippen LogP contribution in [-0.4, -0.2) is 13.1 Å². The number of piperidine rings is 1. The van der Waals surface area contributed by atoms with E-state index in [1.165, 1.54) is 46.9 Å². The molecule has 1 aliphatic rings. The van der Waals surface area contributed by atoms with Crippen LogP contribution in [0.1, 0.15) is 19.3 Å². The molecule has 1 aliphatic heterocycles. The summed E-state index contributed by atoms with van der Waals surface area (Å²) in [5, 5.41) is 1.33. The van der Waals surface area contributed by atoms with Crippen molar-refractivity contribution in [3.05, 3.63) is 21.8 Å². The van der Waals surface area contributed by atoms with Crippen LogP contribution in [0.4, 0.5) is 5.69 Å². The fraction of sp³-hybridized carbons (Fsp3) is 0.455. The van der Waals surface area contributed by atoms with E-state index in [0.29, 0.717) is 0 Å². The van der Waals surface area contributed by atoms with Gasteiger partial charge in [-0.1, -0.05) is 0 Å². The Labute approximate surface area is 102 Å². The Morgan fingerprint density at radius 1 is 1.14 bits per heavy atom. The zero-order chi connectivity index (χ0) is 9.97. The van der Waals surface area contributed by atoms with Crippen LogP contribution in [0.5, 0.6) is 0 Å². The van der Waals surface area contributed by atoms with Gasteiger partial charge >= 0.3 is 0 Å². The molecule has 1 nitrogen and oxygen atoms in total. The van der Waals surface area contributed by atoms with E-state index in [1.54, 1.807) is 0 Å². The molecule has 0 amide bonds. The summed E-state index contributed by atoms with van der Waals surface area (Å²) in [6.07, 6.45) is 4.08. The molecular formula is C11H15INP. The van der Waals surface area contributed by atoms with Crippen molar-refractivity contribution < 1.29 is 0 Å². The van der Waals surface area contributed by atoms with Crippen LogP contribution in [0.2, 0.25) is 0 Å². The molecule has 0 aliphatic carbocycles. The summed E-state index contributed by atoms with van der Waals surface area (Å²) in [4.78, 5) is 2.50. The lowest BCUT2D eigenvalue weighted by atomic mass is 10.1. The van der Waals surface area contributed by atoms with Crippen molar-refractivity contribution >= 4 is 42.8 Å². The highest BCUT2D eigenvalue weighted by Crippen LogP contribution is 2.20. The minimum absolute atomic E-state index is 1.22. The van der Waals surface area contributed by atoms with Crippen molar-refractivity contribution in [2.75, 3.05) is 18.0 Å². The maximum absolute atomic E-state index is 2.85. The van der Waals surface area contributed by atoms with Gasteiger partial charge in [-0.15, -0.1) is 9.24 Å². The number of rotatable bonds is 1. The number of nitrogens with zero attached hydrogens (tertiary/aromatic N) is 1. The number of hydrogen-bond donors (Lipinski definition) is 0. The van der Waals surface area contributed by atoms with Gasteiger partial charge < -0.3 is 4.90 Å². The van der Waals surface area contributed by atoms with E-state index in [1.807, 2.05) is 0 Å². The summed E-state index contributed by atoms with van der Waals surface area (Å²) < 4.78 is 1.31. The average molecular weight is 319 g/mol. The molecule has 1 heterocycles. The van der Waals surface area contributed by atoms with Crippen molar-refractivity contribution in [1.82, 2.24) is 0 Å². The Morgan fingerprint density at radius 2 is 1.86 bits per heavy atom. The molecule has 3 heteroatoms. The molecule has 0 saturated carbocycles. The van der Waals surface area contributed by atoms with Gasteiger partial charge in [0.05, 0.1) is 0 Å². The number of benzene rings is 1. The van der Waals surface area contributed by atoms with E-state index in [2.05, 4.69) is 54.9 Å². The minimum atomic E-state index is 1.22. The van der Waals surface area contributed by atoms with Crippen LogP contribution in [0.15, 0.2) is 18.2 Å².